The van der Waals surface area contributed by atoms with Crippen molar-refractivity contribution in [1.29, 1.82) is 0 Å². The maximum absolute atomic E-state index is 11.9. The first-order chi connectivity index (χ1) is 8.77. The molecule has 0 fully saturated rings. The predicted molar refractivity (Wildman–Crippen MR) is 73.9 cm³/mol. The molecule has 0 bridgehead atoms. The normalized spacial score (nSPS) is 11.3. The van der Waals surface area contributed by atoms with E-state index in [9.17, 15) is 4.79 Å². The van der Waals surface area contributed by atoms with Crippen LogP contribution in [0.3, 0.4) is 0 Å². The van der Waals surface area contributed by atoms with Crippen molar-refractivity contribution in [2.75, 3.05) is 0 Å². The molecule has 2 aromatic rings. The number of ether oxygens (including phenoxy) is 1. The Morgan fingerprint density at radius 3 is 2.61 bits per heavy atom. The molecule has 18 heavy (non-hydrogen) atoms. The second-order valence-corrected chi connectivity index (χ2v) is 3.80. The number of hydrogen-bond acceptors (Lipinski definition) is 2. The molecule has 2 heteroatoms. The number of carbonyl (C=O) groups is 1. The van der Waals surface area contributed by atoms with Crippen LogP contribution in [0.2, 0.25) is 0 Å². The van der Waals surface area contributed by atoms with Crippen molar-refractivity contribution in [2.24, 2.45) is 0 Å². The van der Waals surface area contributed by atoms with Crippen LogP contribution in [0.25, 0.3) is 16.3 Å². The molecule has 0 N–H and O–H groups in total. The quantitative estimate of drug-likeness (QED) is 0.460. The van der Waals surface area contributed by atoms with Crippen LogP contribution in [0.15, 0.2) is 61.4 Å². The van der Waals surface area contributed by atoms with Crippen molar-refractivity contribution in [3.8, 4) is 0 Å². The standard InChI is InChI=1S/C16H14O2/c1-3-13(16(17)18-4-2)15-11-7-9-12-8-5-6-10-14(12)15/h3-11H,2H2,1H3. The van der Waals surface area contributed by atoms with Gasteiger partial charge in [0.2, 0.25) is 0 Å². The van der Waals surface area contributed by atoms with Gasteiger partial charge >= 0.3 is 5.97 Å². The van der Waals surface area contributed by atoms with E-state index in [1.165, 1.54) is 0 Å². The Kier molecular flexibility index (Phi) is 3.58. The monoisotopic (exact) mass is 238 g/mol. The molecular weight excluding hydrogens is 224 g/mol. The molecular formula is C16H14O2. The third-order valence-corrected chi connectivity index (χ3v) is 2.78. The maximum Gasteiger partial charge on any atom is 0.343 e. The highest BCUT2D eigenvalue weighted by molar-refractivity contribution is 6.20. The van der Waals surface area contributed by atoms with Crippen LogP contribution in [-0.2, 0) is 9.53 Å². The number of rotatable bonds is 3. The molecule has 0 aromatic heterocycles. The van der Waals surface area contributed by atoms with Gasteiger partial charge in [0, 0.05) is 0 Å². The molecule has 0 amide bonds. The van der Waals surface area contributed by atoms with E-state index < -0.39 is 0 Å². The molecule has 0 radical (unpaired) electrons. The minimum atomic E-state index is -0.385. The zero-order valence-corrected chi connectivity index (χ0v) is 10.2. The van der Waals surface area contributed by atoms with Gasteiger partial charge in [0.05, 0.1) is 11.8 Å². The van der Waals surface area contributed by atoms with Gasteiger partial charge < -0.3 is 4.74 Å². The zero-order valence-electron chi connectivity index (χ0n) is 10.2. The van der Waals surface area contributed by atoms with Crippen molar-refractivity contribution in [3.05, 3.63) is 66.9 Å². The van der Waals surface area contributed by atoms with Gasteiger partial charge in [-0.2, -0.15) is 0 Å². The molecule has 0 unspecified atom stereocenters. The van der Waals surface area contributed by atoms with Crippen LogP contribution >= 0.6 is 0 Å². The molecule has 2 aromatic carbocycles. The summed E-state index contributed by atoms with van der Waals surface area (Å²) >= 11 is 0. The summed E-state index contributed by atoms with van der Waals surface area (Å²) < 4.78 is 4.85. The average molecular weight is 238 g/mol. The summed E-state index contributed by atoms with van der Waals surface area (Å²) in [6.45, 7) is 5.22. The summed E-state index contributed by atoms with van der Waals surface area (Å²) in [5.74, 6) is -0.385. The van der Waals surface area contributed by atoms with Crippen LogP contribution in [0, 0.1) is 0 Å². The van der Waals surface area contributed by atoms with E-state index in [4.69, 9.17) is 4.74 Å². The van der Waals surface area contributed by atoms with Gasteiger partial charge in [-0.05, 0) is 23.3 Å². The van der Waals surface area contributed by atoms with E-state index >= 15 is 0 Å². The van der Waals surface area contributed by atoms with Gasteiger partial charge in [0.15, 0.2) is 0 Å². The first-order valence-corrected chi connectivity index (χ1v) is 5.74. The van der Waals surface area contributed by atoms with Crippen molar-refractivity contribution in [1.82, 2.24) is 0 Å². The number of benzene rings is 2. The van der Waals surface area contributed by atoms with E-state index in [2.05, 4.69) is 6.58 Å². The fraction of sp³-hybridized carbons (Fsp3) is 0.0625. The summed E-state index contributed by atoms with van der Waals surface area (Å²) in [6, 6.07) is 13.8. The Morgan fingerprint density at radius 1 is 1.17 bits per heavy atom. The third-order valence-electron chi connectivity index (χ3n) is 2.78. The molecule has 2 rings (SSSR count). The van der Waals surface area contributed by atoms with Gasteiger partial charge in [-0.25, -0.2) is 4.79 Å². The SMILES string of the molecule is C=COC(=O)C(=CC)c1cccc2ccccc12. The molecule has 0 aliphatic rings. The van der Waals surface area contributed by atoms with E-state index in [1.807, 2.05) is 49.4 Å². The zero-order chi connectivity index (χ0) is 13.0. The van der Waals surface area contributed by atoms with Gasteiger partial charge in [-0.15, -0.1) is 0 Å². The highest BCUT2D eigenvalue weighted by Gasteiger charge is 2.13. The van der Waals surface area contributed by atoms with Crippen LogP contribution in [0.5, 0.6) is 0 Å². The van der Waals surface area contributed by atoms with Gasteiger partial charge in [0.25, 0.3) is 0 Å². The van der Waals surface area contributed by atoms with Crippen molar-refractivity contribution in [2.45, 2.75) is 6.92 Å². The fourth-order valence-corrected chi connectivity index (χ4v) is 1.98. The number of allylic oxidation sites excluding steroid dienone is 1. The second kappa shape index (κ2) is 5.32. The van der Waals surface area contributed by atoms with Gasteiger partial charge in [-0.3, -0.25) is 0 Å². The lowest BCUT2D eigenvalue weighted by molar-refractivity contribution is -0.131. The lowest BCUT2D eigenvalue weighted by Crippen LogP contribution is -2.03. The first kappa shape index (κ1) is 12.1. The first-order valence-electron chi connectivity index (χ1n) is 5.74. The number of carbonyl (C=O) groups excluding carboxylic acids is 1. The summed E-state index contributed by atoms with van der Waals surface area (Å²) in [6.07, 6.45) is 2.91. The lowest BCUT2D eigenvalue weighted by atomic mass is 9.98. The van der Waals surface area contributed by atoms with Crippen LogP contribution < -0.4 is 0 Å². The van der Waals surface area contributed by atoms with E-state index in [0.717, 1.165) is 22.6 Å². The Labute approximate surface area is 106 Å². The molecule has 0 saturated carbocycles. The largest absolute Gasteiger partial charge is 0.432 e. The Balaban J connectivity index is 2.59. The van der Waals surface area contributed by atoms with E-state index in [0.29, 0.717) is 5.57 Å². The highest BCUT2D eigenvalue weighted by Crippen LogP contribution is 2.25. The molecule has 0 aliphatic heterocycles. The molecule has 0 saturated heterocycles. The molecule has 0 atom stereocenters. The predicted octanol–water partition coefficient (Wildman–Crippen LogP) is 3.93. The van der Waals surface area contributed by atoms with E-state index in [1.54, 1.807) is 6.08 Å². The average Bonchev–Trinajstić information content (AvgIpc) is 2.40. The minimum absolute atomic E-state index is 0.385. The molecule has 0 heterocycles. The van der Waals surface area contributed by atoms with Crippen LogP contribution in [0.1, 0.15) is 12.5 Å². The summed E-state index contributed by atoms with van der Waals surface area (Å²) in [4.78, 5) is 11.9. The number of esters is 1. The minimum Gasteiger partial charge on any atom is -0.432 e. The van der Waals surface area contributed by atoms with Crippen LogP contribution in [-0.4, -0.2) is 5.97 Å². The number of hydrogen-bond donors (Lipinski definition) is 0. The second-order valence-electron chi connectivity index (χ2n) is 3.80. The smallest absolute Gasteiger partial charge is 0.343 e. The molecule has 90 valence electrons. The van der Waals surface area contributed by atoms with Crippen molar-refractivity contribution < 1.29 is 9.53 Å². The van der Waals surface area contributed by atoms with Gasteiger partial charge in [-0.1, -0.05) is 55.1 Å². The Bertz CT molecular complexity index is 619. The van der Waals surface area contributed by atoms with Gasteiger partial charge in [0.1, 0.15) is 0 Å². The highest BCUT2D eigenvalue weighted by atomic mass is 16.5. The lowest BCUT2D eigenvalue weighted by Gasteiger charge is -2.08. The van der Waals surface area contributed by atoms with Crippen molar-refractivity contribution in [3.63, 3.8) is 0 Å². The summed E-state index contributed by atoms with van der Waals surface area (Å²) in [5.41, 5.74) is 1.43. The Morgan fingerprint density at radius 2 is 1.89 bits per heavy atom. The van der Waals surface area contributed by atoms with E-state index in [-0.39, 0.29) is 5.97 Å². The third kappa shape index (κ3) is 2.18. The number of fused-ring (bicyclic) bond motifs is 1. The topological polar surface area (TPSA) is 26.3 Å². The summed E-state index contributed by atoms with van der Waals surface area (Å²) in [5, 5.41) is 2.13. The Hall–Kier alpha value is -2.35. The van der Waals surface area contributed by atoms with Crippen molar-refractivity contribution >= 4 is 22.3 Å². The molecule has 2 nitrogen and oxygen atoms in total. The fourth-order valence-electron chi connectivity index (χ4n) is 1.98. The molecule has 0 spiro atoms. The summed E-state index contributed by atoms with van der Waals surface area (Å²) in [7, 11) is 0. The maximum atomic E-state index is 11.9. The molecule has 0 aliphatic carbocycles. The van der Waals surface area contributed by atoms with Crippen LogP contribution in [0.4, 0.5) is 0 Å².